The van der Waals surface area contributed by atoms with E-state index in [1.807, 2.05) is 13.8 Å². The van der Waals surface area contributed by atoms with Crippen molar-refractivity contribution in [3.05, 3.63) is 74.4 Å². The van der Waals surface area contributed by atoms with Crippen LogP contribution in [0.15, 0.2) is 58.0 Å². The Balaban J connectivity index is 1.62. The second-order valence-corrected chi connectivity index (χ2v) is 10.3. The number of ether oxygens (including phenoxy) is 1. The number of benzene rings is 2. The van der Waals surface area contributed by atoms with Crippen molar-refractivity contribution >= 4 is 64.4 Å². The summed E-state index contributed by atoms with van der Waals surface area (Å²) in [6.07, 6.45) is 0.826. The van der Waals surface area contributed by atoms with Crippen LogP contribution in [0.3, 0.4) is 0 Å². The lowest BCUT2D eigenvalue weighted by molar-refractivity contribution is -0.132. The number of amides is 2. The average Bonchev–Trinajstić information content (AvgIpc) is 3.30. The predicted molar refractivity (Wildman–Crippen MR) is 148 cm³/mol. The van der Waals surface area contributed by atoms with Gasteiger partial charge in [0.1, 0.15) is 23.3 Å². The molecular weight excluding hydrogens is 560 g/mol. The average molecular weight is 585 g/mol. The smallest absolute Gasteiger partial charge is 0.262 e. The molecule has 0 aliphatic carbocycles. The minimum Gasteiger partial charge on any atom is -0.479 e. The lowest BCUT2D eigenvalue weighted by atomic mass is 10.0. The third kappa shape index (κ3) is 8.40. The Bertz CT molecular complexity index is 1290. The molecule has 3 rings (SSSR count). The number of nitrogens with zero attached hydrogens (tertiary/aromatic N) is 1. The van der Waals surface area contributed by atoms with E-state index >= 15 is 0 Å². The maximum absolute atomic E-state index is 12.8. The monoisotopic (exact) mass is 583 g/mol. The number of hydrogen-bond donors (Lipinski definition) is 2. The molecule has 0 saturated heterocycles. The highest BCUT2D eigenvalue weighted by molar-refractivity contribution is 6.36. The van der Waals surface area contributed by atoms with Gasteiger partial charge in [-0.3, -0.25) is 9.59 Å². The van der Waals surface area contributed by atoms with E-state index in [1.165, 1.54) is 12.3 Å². The maximum atomic E-state index is 12.8. The van der Waals surface area contributed by atoms with E-state index in [0.717, 1.165) is 0 Å². The molecule has 0 saturated carbocycles. The zero-order chi connectivity index (χ0) is 27.1. The van der Waals surface area contributed by atoms with E-state index in [2.05, 4.69) is 15.8 Å². The van der Waals surface area contributed by atoms with E-state index in [0.29, 0.717) is 44.3 Å². The number of rotatable bonds is 10. The zero-order valence-electron chi connectivity index (χ0n) is 20.2. The first-order valence-electron chi connectivity index (χ1n) is 11.3. The van der Waals surface area contributed by atoms with E-state index in [1.54, 1.807) is 49.4 Å². The van der Waals surface area contributed by atoms with Gasteiger partial charge in [-0.15, -0.1) is 0 Å². The minimum absolute atomic E-state index is 0.122. The molecule has 2 aromatic carbocycles. The highest BCUT2D eigenvalue weighted by Gasteiger charge is 2.25. The summed E-state index contributed by atoms with van der Waals surface area (Å²) in [6, 6.07) is 12.3. The molecule has 0 radical (unpaired) electrons. The molecule has 2 amide bonds. The Morgan fingerprint density at radius 1 is 0.946 bits per heavy atom. The Morgan fingerprint density at radius 3 is 2.35 bits per heavy atom. The molecule has 0 fully saturated rings. The highest BCUT2D eigenvalue weighted by atomic mass is 35.5. The zero-order valence-corrected chi connectivity index (χ0v) is 23.3. The third-order valence-corrected chi connectivity index (χ3v) is 6.19. The van der Waals surface area contributed by atoms with Crippen molar-refractivity contribution in [3.8, 4) is 17.1 Å². The quantitative estimate of drug-likeness (QED) is 0.198. The second-order valence-electron chi connectivity index (χ2n) is 8.59. The summed E-state index contributed by atoms with van der Waals surface area (Å²) in [7, 11) is 0. The lowest BCUT2D eigenvalue weighted by Crippen LogP contribution is -2.49. The Labute approximate surface area is 235 Å². The number of furan rings is 1. The van der Waals surface area contributed by atoms with Crippen LogP contribution in [-0.2, 0) is 9.59 Å². The van der Waals surface area contributed by atoms with Crippen molar-refractivity contribution in [2.75, 3.05) is 0 Å². The highest BCUT2D eigenvalue weighted by Crippen LogP contribution is 2.31. The topological polar surface area (TPSA) is 92.9 Å². The summed E-state index contributed by atoms with van der Waals surface area (Å²) in [6.45, 7) is 5.44. The molecule has 37 heavy (non-hydrogen) atoms. The Kier molecular flexibility index (Phi) is 10.3. The second kappa shape index (κ2) is 13.2. The van der Waals surface area contributed by atoms with Crippen LogP contribution in [0, 0.1) is 5.92 Å². The SMILES string of the molecule is CC(C)C[C@H](NC(=O)[C@H](C)Oc1ccc(Cl)cc1Cl)C(=O)N/N=C\c1ccc(-c2cc(Cl)ccc2Cl)o1. The van der Waals surface area contributed by atoms with Gasteiger partial charge in [0.05, 0.1) is 16.3 Å². The van der Waals surface area contributed by atoms with Crippen LogP contribution in [0.5, 0.6) is 5.75 Å². The van der Waals surface area contributed by atoms with Crippen LogP contribution in [-0.4, -0.2) is 30.2 Å². The number of hydrogen-bond acceptors (Lipinski definition) is 5. The number of carbonyl (C=O) groups excluding carboxylic acids is 2. The molecule has 7 nitrogen and oxygen atoms in total. The van der Waals surface area contributed by atoms with Gasteiger partial charge in [-0.25, -0.2) is 5.43 Å². The van der Waals surface area contributed by atoms with Crippen LogP contribution in [0.1, 0.15) is 33.0 Å². The molecule has 11 heteroatoms. The summed E-state index contributed by atoms with van der Waals surface area (Å²) in [4.78, 5) is 25.6. The lowest BCUT2D eigenvalue weighted by Gasteiger charge is -2.22. The summed E-state index contributed by atoms with van der Waals surface area (Å²) in [5, 5.41) is 8.41. The molecular formula is C26H25Cl4N3O4. The van der Waals surface area contributed by atoms with E-state index in [9.17, 15) is 9.59 Å². The van der Waals surface area contributed by atoms with Crippen LogP contribution in [0.25, 0.3) is 11.3 Å². The van der Waals surface area contributed by atoms with E-state index in [4.69, 9.17) is 55.6 Å². The molecule has 1 heterocycles. The fourth-order valence-electron chi connectivity index (χ4n) is 3.30. The van der Waals surface area contributed by atoms with Crippen LogP contribution >= 0.6 is 46.4 Å². The number of carbonyl (C=O) groups is 2. The fraction of sp³-hybridized carbons (Fsp3) is 0.269. The first kappa shape index (κ1) is 28.9. The van der Waals surface area contributed by atoms with Crippen LogP contribution < -0.4 is 15.5 Å². The molecule has 0 unspecified atom stereocenters. The molecule has 196 valence electrons. The van der Waals surface area contributed by atoms with Gasteiger partial charge >= 0.3 is 0 Å². The van der Waals surface area contributed by atoms with Crippen molar-refractivity contribution in [1.82, 2.24) is 10.7 Å². The predicted octanol–water partition coefficient (Wildman–Crippen LogP) is 7.01. The normalized spacial score (nSPS) is 13.0. The van der Waals surface area contributed by atoms with Crippen LogP contribution in [0.4, 0.5) is 0 Å². The number of nitrogens with one attached hydrogen (secondary N) is 2. The summed E-state index contributed by atoms with van der Waals surface area (Å²) >= 11 is 24.3. The van der Waals surface area contributed by atoms with Gasteiger partial charge in [0, 0.05) is 15.6 Å². The molecule has 2 atom stereocenters. The van der Waals surface area contributed by atoms with Gasteiger partial charge in [-0.1, -0.05) is 60.3 Å². The minimum atomic E-state index is -0.913. The van der Waals surface area contributed by atoms with Gasteiger partial charge in [0.25, 0.3) is 11.8 Å². The molecule has 1 aromatic heterocycles. The molecule has 0 aliphatic rings. The van der Waals surface area contributed by atoms with Gasteiger partial charge in [-0.2, -0.15) is 5.10 Å². The molecule has 0 aliphatic heterocycles. The fourth-order valence-corrected chi connectivity index (χ4v) is 4.13. The van der Waals surface area contributed by atoms with Crippen molar-refractivity contribution in [2.45, 2.75) is 39.3 Å². The Hall–Kier alpha value is -2.71. The summed E-state index contributed by atoms with van der Waals surface area (Å²) in [5.74, 6) is 0.347. The maximum Gasteiger partial charge on any atom is 0.262 e. The molecule has 3 aromatic rings. The van der Waals surface area contributed by atoms with Gasteiger partial charge in [-0.05, 0) is 67.8 Å². The van der Waals surface area contributed by atoms with Gasteiger partial charge in [0.15, 0.2) is 6.10 Å². The van der Waals surface area contributed by atoms with Crippen molar-refractivity contribution in [2.24, 2.45) is 11.0 Å². The van der Waals surface area contributed by atoms with E-state index < -0.39 is 24.0 Å². The van der Waals surface area contributed by atoms with Crippen molar-refractivity contribution in [3.63, 3.8) is 0 Å². The first-order chi connectivity index (χ1) is 17.5. The number of hydrazone groups is 1. The van der Waals surface area contributed by atoms with Crippen molar-refractivity contribution < 1.29 is 18.7 Å². The Morgan fingerprint density at radius 2 is 1.65 bits per heavy atom. The van der Waals surface area contributed by atoms with Gasteiger partial charge in [0.2, 0.25) is 0 Å². The van der Waals surface area contributed by atoms with Crippen molar-refractivity contribution in [1.29, 1.82) is 0 Å². The summed E-state index contributed by atoms with van der Waals surface area (Å²) in [5.41, 5.74) is 3.08. The van der Waals surface area contributed by atoms with E-state index in [-0.39, 0.29) is 10.9 Å². The standard InChI is InChI=1S/C26H25Cl4N3O4/c1-14(2)10-22(32-25(34)15(3)36-24-8-5-17(28)12-21(24)30)26(35)33-31-13-18-6-9-23(37-18)19-11-16(27)4-7-20(19)29/h4-9,11-15,22H,10H2,1-3H3,(H,32,34)(H,33,35)/b31-13-/t15-,22-/m0/s1. The van der Waals surface area contributed by atoms with Gasteiger partial charge < -0.3 is 14.5 Å². The third-order valence-electron chi connectivity index (χ3n) is 5.09. The summed E-state index contributed by atoms with van der Waals surface area (Å²) < 4.78 is 11.4. The number of halogens is 4. The van der Waals surface area contributed by atoms with Crippen LogP contribution in [0.2, 0.25) is 20.1 Å². The molecule has 0 bridgehead atoms. The first-order valence-corrected chi connectivity index (χ1v) is 12.8. The largest absolute Gasteiger partial charge is 0.479 e. The molecule has 0 spiro atoms. The molecule has 2 N–H and O–H groups in total.